The Morgan fingerprint density at radius 2 is 1.85 bits per heavy atom. The normalized spacial score (nSPS) is 23.2. The highest BCUT2D eigenvalue weighted by Crippen LogP contribution is 2.34. The molecule has 1 aromatic rings. The molecule has 1 aliphatic rings. The Hall–Kier alpha value is -0.860. The molecule has 0 bridgehead atoms. The first kappa shape index (κ1) is 15.5. The van der Waals surface area contributed by atoms with E-state index in [1.165, 1.54) is 16.7 Å². The van der Waals surface area contributed by atoms with Gasteiger partial charge >= 0.3 is 0 Å². The minimum absolute atomic E-state index is 0.163. The molecule has 2 nitrogen and oxygen atoms in total. The van der Waals surface area contributed by atoms with E-state index in [1.807, 2.05) is 0 Å². The van der Waals surface area contributed by atoms with Crippen LogP contribution in [0.4, 0.5) is 0 Å². The van der Waals surface area contributed by atoms with Crippen molar-refractivity contribution in [2.45, 2.75) is 53.0 Å². The minimum Gasteiger partial charge on any atom is -0.381 e. The molecule has 0 amide bonds. The van der Waals surface area contributed by atoms with Crippen LogP contribution in [0.5, 0.6) is 0 Å². The average Bonchev–Trinajstić information content (AvgIpc) is 2.80. The summed E-state index contributed by atoms with van der Waals surface area (Å²) >= 11 is 0. The Balaban J connectivity index is 2.17. The van der Waals surface area contributed by atoms with E-state index in [4.69, 9.17) is 4.74 Å². The number of hydrogen-bond acceptors (Lipinski definition) is 2. The highest BCUT2D eigenvalue weighted by molar-refractivity contribution is 5.34. The van der Waals surface area contributed by atoms with E-state index in [0.717, 1.165) is 32.6 Å². The predicted octanol–water partition coefficient (Wildman–Crippen LogP) is 3.64. The lowest BCUT2D eigenvalue weighted by molar-refractivity contribution is 0.144. The fourth-order valence-electron chi connectivity index (χ4n) is 2.95. The van der Waals surface area contributed by atoms with Crippen LogP contribution in [0, 0.1) is 19.3 Å². The lowest BCUT2D eigenvalue weighted by Crippen LogP contribution is -2.45. The largest absolute Gasteiger partial charge is 0.381 e. The highest BCUT2D eigenvalue weighted by atomic mass is 16.5. The van der Waals surface area contributed by atoms with E-state index in [0.29, 0.717) is 0 Å². The van der Waals surface area contributed by atoms with Gasteiger partial charge in [-0.25, -0.2) is 0 Å². The molecular formula is C18H29NO. The van der Waals surface area contributed by atoms with E-state index in [-0.39, 0.29) is 11.0 Å². The van der Waals surface area contributed by atoms with Gasteiger partial charge in [0.2, 0.25) is 0 Å². The van der Waals surface area contributed by atoms with Crippen molar-refractivity contribution < 1.29 is 4.74 Å². The zero-order chi connectivity index (χ0) is 14.8. The van der Waals surface area contributed by atoms with Gasteiger partial charge in [-0.2, -0.15) is 0 Å². The van der Waals surface area contributed by atoms with Gasteiger partial charge in [-0.05, 0) is 64.2 Å². The molecule has 1 heterocycles. The van der Waals surface area contributed by atoms with Gasteiger partial charge in [0, 0.05) is 24.1 Å². The van der Waals surface area contributed by atoms with Gasteiger partial charge in [-0.3, -0.25) is 0 Å². The molecule has 0 saturated carbocycles. The van der Waals surface area contributed by atoms with Crippen molar-refractivity contribution >= 4 is 0 Å². The van der Waals surface area contributed by atoms with E-state index in [9.17, 15) is 0 Å². The van der Waals surface area contributed by atoms with Crippen LogP contribution in [0.1, 0.15) is 43.9 Å². The summed E-state index contributed by atoms with van der Waals surface area (Å²) in [7, 11) is 0. The van der Waals surface area contributed by atoms with E-state index in [2.05, 4.69) is 58.1 Å². The molecule has 0 aliphatic carbocycles. The quantitative estimate of drug-likeness (QED) is 0.906. The van der Waals surface area contributed by atoms with Crippen LogP contribution < -0.4 is 5.32 Å². The lowest BCUT2D eigenvalue weighted by Gasteiger charge is -2.33. The molecule has 1 N–H and O–H groups in total. The molecule has 1 aromatic carbocycles. The number of ether oxygens (including phenoxy) is 1. The Labute approximate surface area is 123 Å². The second-order valence-electron chi connectivity index (χ2n) is 7.45. The van der Waals surface area contributed by atoms with Gasteiger partial charge < -0.3 is 10.1 Å². The first-order chi connectivity index (χ1) is 9.31. The molecule has 0 spiro atoms. The van der Waals surface area contributed by atoms with E-state index in [1.54, 1.807) is 0 Å². The maximum atomic E-state index is 5.74. The third-order valence-corrected chi connectivity index (χ3v) is 4.37. The van der Waals surface area contributed by atoms with E-state index >= 15 is 0 Å². The monoisotopic (exact) mass is 275 g/mol. The molecule has 2 rings (SSSR count). The molecule has 1 saturated heterocycles. The zero-order valence-corrected chi connectivity index (χ0v) is 13.7. The van der Waals surface area contributed by atoms with Crippen LogP contribution in [-0.4, -0.2) is 25.3 Å². The van der Waals surface area contributed by atoms with Gasteiger partial charge in [0.05, 0.1) is 6.61 Å². The van der Waals surface area contributed by atoms with Crippen LogP contribution in [0.25, 0.3) is 0 Å². The van der Waals surface area contributed by atoms with Crippen molar-refractivity contribution in [1.29, 1.82) is 0 Å². The fourth-order valence-corrected chi connectivity index (χ4v) is 2.95. The maximum absolute atomic E-state index is 5.74. The standard InChI is InChI=1S/C18H29NO/c1-14-7-6-8-15(2)16(14)11-18(9-10-20-13-18)12-19-17(3,4)5/h6-8,19H,9-13H2,1-5H3. The summed E-state index contributed by atoms with van der Waals surface area (Å²) in [5, 5.41) is 3.68. The fraction of sp³-hybridized carbons (Fsp3) is 0.667. The molecule has 1 atom stereocenters. The van der Waals surface area contributed by atoms with Crippen LogP contribution in [0.15, 0.2) is 18.2 Å². The minimum atomic E-state index is 0.163. The molecule has 1 aliphatic heterocycles. The molecule has 1 fully saturated rings. The summed E-state index contributed by atoms with van der Waals surface area (Å²) in [6, 6.07) is 6.60. The van der Waals surface area contributed by atoms with Crippen molar-refractivity contribution in [3.8, 4) is 0 Å². The average molecular weight is 275 g/mol. The first-order valence-electron chi connectivity index (χ1n) is 7.69. The van der Waals surface area contributed by atoms with Crippen LogP contribution in [0.2, 0.25) is 0 Å². The van der Waals surface area contributed by atoms with Crippen molar-refractivity contribution in [3.63, 3.8) is 0 Å². The number of hydrogen-bond donors (Lipinski definition) is 1. The SMILES string of the molecule is Cc1cccc(C)c1CC1(CNC(C)(C)C)CCOC1. The van der Waals surface area contributed by atoms with Gasteiger partial charge in [-0.15, -0.1) is 0 Å². The van der Waals surface area contributed by atoms with Crippen LogP contribution in [-0.2, 0) is 11.2 Å². The third-order valence-electron chi connectivity index (χ3n) is 4.37. The summed E-state index contributed by atoms with van der Waals surface area (Å²) in [5.41, 5.74) is 4.74. The highest BCUT2D eigenvalue weighted by Gasteiger charge is 2.36. The second kappa shape index (κ2) is 5.87. The predicted molar refractivity (Wildman–Crippen MR) is 85.2 cm³/mol. The molecule has 112 valence electrons. The summed E-state index contributed by atoms with van der Waals surface area (Å²) in [5.74, 6) is 0. The van der Waals surface area contributed by atoms with Gasteiger partial charge in [0.1, 0.15) is 0 Å². The summed E-state index contributed by atoms with van der Waals surface area (Å²) < 4.78 is 5.74. The maximum Gasteiger partial charge on any atom is 0.0538 e. The van der Waals surface area contributed by atoms with Crippen LogP contribution >= 0.6 is 0 Å². The smallest absolute Gasteiger partial charge is 0.0538 e. The van der Waals surface area contributed by atoms with Crippen molar-refractivity contribution in [2.24, 2.45) is 5.41 Å². The second-order valence-corrected chi connectivity index (χ2v) is 7.45. The van der Waals surface area contributed by atoms with Gasteiger partial charge in [-0.1, -0.05) is 18.2 Å². The Morgan fingerprint density at radius 1 is 1.20 bits per heavy atom. The zero-order valence-electron chi connectivity index (χ0n) is 13.7. The van der Waals surface area contributed by atoms with Gasteiger partial charge in [0.15, 0.2) is 0 Å². The number of aryl methyl sites for hydroxylation is 2. The summed E-state index contributed by atoms with van der Waals surface area (Å²) in [6.45, 7) is 14.0. The number of nitrogens with one attached hydrogen (secondary N) is 1. The van der Waals surface area contributed by atoms with Crippen molar-refractivity contribution in [1.82, 2.24) is 5.32 Å². The Morgan fingerprint density at radius 3 is 2.35 bits per heavy atom. The van der Waals surface area contributed by atoms with Crippen molar-refractivity contribution in [2.75, 3.05) is 19.8 Å². The third kappa shape index (κ3) is 3.83. The lowest BCUT2D eigenvalue weighted by atomic mass is 9.78. The molecule has 20 heavy (non-hydrogen) atoms. The van der Waals surface area contributed by atoms with Crippen molar-refractivity contribution in [3.05, 3.63) is 34.9 Å². The molecule has 0 radical (unpaired) electrons. The molecule has 2 heteroatoms. The molecule has 1 unspecified atom stereocenters. The topological polar surface area (TPSA) is 21.3 Å². The first-order valence-corrected chi connectivity index (χ1v) is 7.69. The van der Waals surface area contributed by atoms with Crippen LogP contribution in [0.3, 0.4) is 0 Å². The number of benzene rings is 1. The Bertz CT molecular complexity index is 433. The molecule has 0 aromatic heterocycles. The summed E-state index contributed by atoms with van der Waals surface area (Å²) in [6.07, 6.45) is 2.28. The molecular weight excluding hydrogens is 246 g/mol. The summed E-state index contributed by atoms with van der Waals surface area (Å²) in [4.78, 5) is 0. The Kier molecular flexibility index (Phi) is 4.55. The van der Waals surface area contributed by atoms with E-state index < -0.39 is 0 Å². The van der Waals surface area contributed by atoms with Gasteiger partial charge in [0.25, 0.3) is 0 Å². The number of rotatable bonds is 4.